The van der Waals surface area contributed by atoms with E-state index in [1.807, 2.05) is 20.8 Å². The number of anilines is 3. The van der Waals surface area contributed by atoms with Gasteiger partial charge in [-0.1, -0.05) is 40.6 Å². The maximum Gasteiger partial charge on any atom is 0.416 e. The number of nitrogens with one attached hydrogen (secondary N) is 2. The van der Waals surface area contributed by atoms with E-state index in [0.717, 1.165) is 24.1 Å². The van der Waals surface area contributed by atoms with Crippen LogP contribution < -0.4 is 10.6 Å². The van der Waals surface area contributed by atoms with Crippen LogP contribution in [0, 0.1) is 5.92 Å². The van der Waals surface area contributed by atoms with Crippen molar-refractivity contribution in [2.45, 2.75) is 45.4 Å². The molecule has 43 heavy (non-hydrogen) atoms. The lowest BCUT2D eigenvalue weighted by Crippen LogP contribution is -2.35. The summed E-state index contributed by atoms with van der Waals surface area (Å²) in [4.78, 5) is 28.7. The fraction of sp³-hybridized carbons (Fsp3) is 0.379. The van der Waals surface area contributed by atoms with Crippen molar-refractivity contribution >= 4 is 68.4 Å². The summed E-state index contributed by atoms with van der Waals surface area (Å²) in [5.74, 6) is 0.808. The van der Waals surface area contributed by atoms with Crippen LogP contribution in [0.15, 0.2) is 42.5 Å². The standard InChI is InChI=1S/C29H29Cl2F3N6O2S/c1-28(2,3)42-27(41)40-12-11-16(15-40)14-35-26-38-24(36-18-9-7-17(8-10-18)29(32,33)34)23-25(39-26)43-22(37-23)13-19-20(30)5-4-6-21(19)31/h4-10,16H,11-15H2,1-3H3,(H2,35,36,38,39). The largest absolute Gasteiger partial charge is 0.444 e. The summed E-state index contributed by atoms with van der Waals surface area (Å²) in [7, 11) is 0. The van der Waals surface area contributed by atoms with Gasteiger partial charge in [0.1, 0.15) is 16.1 Å². The number of carbonyl (C=O) groups excluding carboxylic acids is 1. The quantitative estimate of drug-likeness (QED) is 0.207. The smallest absolute Gasteiger partial charge is 0.416 e. The van der Waals surface area contributed by atoms with Crippen LogP contribution >= 0.6 is 34.5 Å². The molecule has 0 radical (unpaired) electrons. The van der Waals surface area contributed by atoms with E-state index in [0.29, 0.717) is 68.9 Å². The van der Waals surface area contributed by atoms with Crippen LogP contribution in [-0.2, 0) is 17.3 Å². The fourth-order valence-corrected chi connectivity index (χ4v) is 6.04. The summed E-state index contributed by atoms with van der Waals surface area (Å²) in [5, 5.41) is 8.09. The topological polar surface area (TPSA) is 92.3 Å². The molecule has 5 rings (SSSR count). The number of thiazole rings is 1. The number of hydrogen-bond acceptors (Lipinski definition) is 8. The number of fused-ring (bicyclic) bond motifs is 1. The fourth-order valence-electron chi connectivity index (χ4n) is 4.57. The third-order valence-electron chi connectivity index (χ3n) is 6.65. The van der Waals surface area contributed by atoms with E-state index in [1.54, 1.807) is 23.1 Å². The molecule has 3 heterocycles. The summed E-state index contributed by atoms with van der Waals surface area (Å²) in [6.07, 6.45) is -3.63. The first kappa shape index (κ1) is 31.1. The van der Waals surface area contributed by atoms with Gasteiger partial charge in [0.05, 0.1) is 5.56 Å². The van der Waals surface area contributed by atoms with Crippen molar-refractivity contribution in [2.75, 3.05) is 30.3 Å². The minimum Gasteiger partial charge on any atom is -0.444 e. The number of alkyl halides is 3. The normalized spacial score (nSPS) is 15.6. The second-order valence-electron chi connectivity index (χ2n) is 11.2. The number of aromatic nitrogens is 3. The van der Waals surface area contributed by atoms with Gasteiger partial charge in [-0.25, -0.2) is 14.8 Å². The Labute approximate surface area is 260 Å². The summed E-state index contributed by atoms with van der Waals surface area (Å²) in [5.41, 5.74) is 0.275. The molecule has 1 fully saturated rings. The Morgan fingerprint density at radius 3 is 2.42 bits per heavy atom. The molecular formula is C29H29Cl2F3N6O2S. The Morgan fingerprint density at radius 1 is 1.07 bits per heavy atom. The number of rotatable bonds is 7. The van der Waals surface area contributed by atoms with Crippen molar-refractivity contribution < 1.29 is 22.7 Å². The Kier molecular flexibility index (Phi) is 8.92. The zero-order valence-electron chi connectivity index (χ0n) is 23.6. The van der Waals surface area contributed by atoms with Crippen molar-refractivity contribution in [1.82, 2.24) is 19.9 Å². The van der Waals surface area contributed by atoms with E-state index < -0.39 is 17.3 Å². The lowest BCUT2D eigenvalue weighted by Gasteiger charge is -2.24. The Hall–Kier alpha value is -3.35. The number of halogens is 5. The maximum atomic E-state index is 13.1. The summed E-state index contributed by atoms with van der Waals surface area (Å²) in [6.45, 7) is 7.12. The van der Waals surface area contributed by atoms with Crippen LogP contribution in [0.1, 0.15) is 43.3 Å². The number of hydrogen-bond donors (Lipinski definition) is 2. The first-order valence-electron chi connectivity index (χ1n) is 13.5. The molecule has 1 amide bonds. The number of nitrogens with zero attached hydrogens (tertiary/aromatic N) is 4. The van der Waals surface area contributed by atoms with Gasteiger partial charge in [-0.2, -0.15) is 18.2 Å². The molecule has 228 valence electrons. The highest BCUT2D eigenvalue weighted by molar-refractivity contribution is 7.18. The van der Waals surface area contributed by atoms with E-state index in [2.05, 4.69) is 20.6 Å². The highest BCUT2D eigenvalue weighted by atomic mass is 35.5. The zero-order chi connectivity index (χ0) is 30.9. The zero-order valence-corrected chi connectivity index (χ0v) is 25.9. The van der Waals surface area contributed by atoms with E-state index in [9.17, 15) is 18.0 Å². The molecule has 2 aromatic heterocycles. The first-order chi connectivity index (χ1) is 20.2. The molecule has 14 heteroatoms. The van der Waals surface area contributed by atoms with E-state index in [1.165, 1.54) is 23.5 Å². The third kappa shape index (κ3) is 7.79. The first-order valence-corrected chi connectivity index (χ1v) is 15.1. The average Bonchev–Trinajstić information content (AvgIpc) is 3.56. The highest BCUT2D eigenvalue weighted by Crippen LogP contribution is 2.34. The Morgan fingerprint density at radius 2 is 1.77 bits per heavy atom. The molecule has 1 aliphatic rings. The summed E-state index contributed by atoms with van der Waals surface area (Å²) < 4.78 is 44.8. The molecule has 0 aliphatic carbocycles. The van der Waals surface area contributed by atoms with Crippen molar-refractivity contribution in [2.24, 2.45) is 5.92 Å². The van der Waals surface area contributed by atoms with Gasteiger partial charge in [-0.15, -0.1) is 0 Å². The molecule has 1 unspecified atom stereocenters. The van der Waals surface area contributed by atoms with Gasteiger partial charge in [0.2, 0.25) is 5.95 Å². The average molecular weight is 654 g/mol. The van der Waals surface area contributed by atoms with Gasteiger partial charge in [-0.3, -0.25) is 0 Å². The number of likely N-dealkylation sites (tertiary alicyclic amines) is 1. The van der Waals surface area contributed by atoms with Crippen LogP contribution in [0.25, 0.3) is 10.3 Å². The lowest BCUT2D eigenvalue weighted by atomic mass is 10.1. The van der Waals surface area contributed by atoms with E-state index in [4.69, 9.17) is 32.9 Å². The van der Waals surface area contributed by atoms with Gasteiger partial charge >= 0.3 is 12.3 Å². The number of carbonyl (C=O) groups is 1. The molecule has 0 spiro atoms. The number of benzene rings is 2. The molecule has 0 bridgehead atoms. The highest BCUT2D eigenvalue weighted by Gasteiger charge is 2.31. The minimum absolute atomic E-state index is 0.150. The second kappa shape index (κ2) is 12.3. The van der Waals surface area contributed by atoms with E-state index in [-0.39, 0.29) is 12.0 Å². The number of ether oxygens (including phenoxy) is 1. The van der Waals surface area contributed by atoms with E-state index >= 15 is 0 Å². The molecular weight excluding hydrogens is 624 g/mol. The van der Waals surface area contributed by atoms with Crippen molar-refractivity contribution in [1.29, 1.82) is 0 Å². The van der Waals surface area contributed by atoms with Gasteiger partial charge in [-0.05, 0) is 75.1 Å². The number of amides is 1. The van der Waals surface area contributed by atoms with Crippen molar-refractivity contribution in [3.05, 3.63) is 68.6 Å². The molecule has 2 N–H and O–H groups in total. The van der Waals surface area contributed by atoms with Crippen LogP contribution in [0.5, 0.6) is 0 Å². The van der Waals surface area contributed by atoms with Crippen LogP contribution in [0.2, 0.25) is 10.0 Å². The monoisotopic (exact) mass is 652 g/mol. The third-order valence-corrected chi connectivity index (χ3v) is 8.31. The van der Waals surface area contributed by atoms with Gasteiger partial charge in [0.25, 0.3) is 0 Å². The lowest BCUT2D eigenvalue weighted by molar-refractivity contribution is -0.137. The molecule has 1 atom stereocenters. The van der Waals surface area contributed by atoms with Crippen molar-refractivity contribution in [3.8, 4) is 0 Å². The predicted octanol–water partition coefficient (Wildman–Crippen LogP) is 8.42. The van der Waals surface area contributed by atoms with Crippen LogP contribution in [0.3, 0.4) is 0 Å². The summed E-state index contributed by atoms with van der Waals surface area (Å²) >= 11 is 14.1. The van der Waals surface area contributed by atoms with Crippen LogP contribution in [-0.4, -0.2) is 51.2 Å². The van der Waals surface area contributed by atoms with Gasteiger partial charge in [0.15, 0.2) is 10.6 Å². The SMILES string of the molecule is CC(C)(C)OC(=O)N1CCC(CNc2nc(Nc3ccc(C(F)(F)F)cc3)c3nc(Cc4c(Cl)cccc4Cl)sc3n2)C1. The van der Waals surface area contributed by atoms with Crippen LogP contribution in [0.4, 0.5) is 35.4 Å². The van der Waals surface area contributed by atoms with Gasteiger partial charge < -0.3 is 20.3 Å². The Bertz CT molecular complexity index is 1610. The Balaban J connectivity index is 1.38. The molecule has 1 aliphatic heterocycles. The van der Waals surface area contributed by atoms with Crippen molar-refractivity contribution in [3.63, 3.8) is 0 Å². The second-order valence-corrected chi connectivity index (χ2v) is 13.1. The maximum absolute atomic E-state index is 13.1. The summed E-state index contributed by atoms with van der Waals surface area (Å²) in [6, 6.07) is 9.95. The minimum atomic E-state index is -4.44. The predicted molar refractivity (Wildman–Crippen MR) is 164 cm³/mol. The van der Waals surface area contributed by atoms with Gasteiger partial charge in [0, 0.05) is 41.8 Å². The molecule has 2 aromatic carbocycles. The molecule has 0 saturated carbocycles. The molecule has 4 aromatic rings. The molecule has 8 nitrogen and oxygen atoms in total. The molecule has 1 saturated heterocycles.